The Labute approximate surface area is 224 Å². The summed E-state index contributed by atoms with van der Waals surface area (Å²) in [6, 6.07) is 10.9. The van der Waals surface area contributed by atoms with Crippen LogP contribution in [0.15, 0.2) is 54.9 Å². The van der Waals surface area contributed by atoms with Crippen molar-refractivity contribution in [1.29, 1.82) is 5.41 Å². The molecule has 39 heavy (non-hydrogen) atoms. The molecule has 0 saturated heterocycles. The summed E-state index contributed by atoms with van der Waals surface area (Å²) in [5.74, 6) is -0.706. The highest BCUT2D eigenvalue weighted by molar-refractivity contribution is 6.12. The van der Waals surface area contributed by atoms with E-state index in [1.165, 1.54) is 13.3 Å². The fourth-order valence-corrected chi connectivity index (χ4v) is 3.78. The maximum absolute atomic E-state index is 14.6. The Kier molecular flexibility index (Phi) is 8.62. The highest BCUT2D eigenvalue weighted by atomic mass is 19.1. The second kappa shape index (κ2) is 12.3. The number of aliphatic hydroxyl groups excluding tert-OH is 1. The molecule has 0 atom stereocenters. The molecule has 0 unspecified atom stereocenters. The second-order valence-electron chi connectivity index (χ2n) is 8.59. The van der Waals surface area contributed by atoms with Crippen LogP contribution in [-0.2, 0) is 6.54 Å². The number of aromatic nitrogens is 3. The van der Waals surface area contributed by atoms with Gasteiger partial charge in [-0.2, -0.15) is 0 Å². The van der Waals surface area contributed by atoms with Crippen LogP contribution in [0.4, 0.5) is 26.0 Å². The largest absolute Gasteiger partial charge is 0.491 e. The smallest absolute Gasteiger partial charge is 0.180 e. The predicted octanol–water partition coefficient (Wildman–Crippen LogP) is 4.92. The van der Waals surface area contributed by atoms with Crippen LogP contribution in [0.3, 0.4) is 0 Å². The first-order valence-corrected chi connectivity index (χ1v) is 12.1. The number of hydrogen-bond acceptors (Lipinski definition) is 9. The summed E-state index contributed by atoms with van der Waals surface area (Å²) in [7, 11) is 1.50. The number of aryl methyl sites for hydroxylation is 2. The normalized spacial score (nSPS) is 10.7. The average molecular weight is 535 g/mol. The number of halogens is 2. The maximum Gasteiger partial charge on any atom is 0.180 e. The van der Waals surface area contributed by atoms with E-state index in [4.69, 9.17) is 20.0 Å². The number of aliphatic hydroxyl groups is 1. The van der Waals surface area contributed by atoms with Crippen LogP contribution in [0.1, 0.15) is 28.2 Å². The lowest BCUT2D eigenvalue weighted by Gasteiger charge is -2.16. The minimum atomic E-state index is -0.793. The topological polar surface area (TPSA) is 125 Å². The second-order valence-corrected chi connectivity index (χ2v) is 8.59. The molecule has 0 amide bonds. The summed E-state index contributed by atoms with van der Waals surface area (Å²) in [5, 5.41) is 23.9. The van der Waals surface area contributed by atoms with Gasteiger partial charge in [0.2, 0.25) is 0 Å². The monoisotopic (exact) mass is 534 g/mol. The lowest BCUT2D eigenvalue weighted by Crippen LogP contribution is -2.13. The molecule has 0 saturated carbocycles. The maximum atomic E-state index is 14.6. The van der Waals surface area contributed by atoms with Crippen molar-refractivity contribution in [3.05, 3.63) is 94.7 Å². The van der Waals surface area contributed by atoms with Crippen LogP contribution in [0.2, 0.25) is 0 Å². The number of anilines is 3. The van der Waals surface area contributed by atoms with Gasteiger partial charge in [-0.1, -0.05) is 18.2 Å². The molecule has 0 spiro atoms. The molecule has 11 heteroatoms. The van der Waals surface area contributed by atoms with E-state index < -0.39 is 11.6 Å². The van der Waals surface area contributed by atoms with Crippen LogP contribution in [0.5, 0.6) is 11.5 Å². The molecule has 0 aliphatic heterocycles. The van der Waals surface area contributed by atoms with E-state index >= 15 is 0 Å². The van der Waals surface area contributed by atoms with Crippen molar-refractivity contribution >= 4 is 22.9 Å². The van der Waals surface area contributed by atoms with Crippen molar-refractivity contribution in [1.82, 2.24) is 15.0 Å². The van der Waals surface area contributed by atoms with Crippen molar-refractivity contribution in [2.24, 2.45) is 0 Å². The number of methoxy groups -OCH3 is 1. The predicted molar refractivity (Wildman–Crippen MR) is 144 cm³/mol. The molecule has 9 nitrogen and oxygen atoms in total. The standard InChI is InChI=1S/C28H28F2N6O3/c1-16-13-32-17(2)10-24(16)35-27-25(38-3)15-34-28(36-27)26(31)19-6-4-5-7-23(19)33-14-20-21(29)11-18(12-22(20)30)39-9-8-37/h4-7,10-13,15,31,33,37H,8-9,14H2,1-3H3,(H,32,34,35,36). The molecule has 4 rings (SSSR count). The summed E-state index contributed by atoms with van der Waals surface area (Å²) in [6.07, 6.45) is 3.22. The summed E-state index contributed by atoms with van der Waals surface area (Å²) in [4.78, 5) is 13.1. The Morgan fingerprint density at radius 3 is 2.49 bits per heavy atom. The molecule has 4 N–H and O–H groups in total. The quantitative estimate of drug-likeness (QED) is 0.200. The minimum absolute atomic E-state index is 0.000120. The first-order valence-electron chi connectivity index (χ1n) is 12.1. The van der Waals surface area contributed by atoms with Gasteiger partial charge in [0.25, 0.3) is 0 Å². The van der Waals surface area contributed by atoms with E-state index in [0.29, 0.717) is 22.8 Å². The van der Waals surface area contributed by atoms with Gasteiger partial charge in [-0.3, -0.25) is 10.4 Å². The molecule has 0 radical (unpaired) electrons. The zero-order valence-corrected chi connectivity index (χ0v) is 21.7. The van der Waals surface area contributed by atoms with Crippen molar-refractivity contribution in [2.45, 2.75) is 20.4 Å². The fourth-order valence-electron chi connectivity index (χ4n) is 3.78. The molecular weight excluding hydrogens is 506 g/mol. The Morgan fingerprint density at radius 2 is 1.77 bits per heavy atom. The van der Waals surface area contributed by atoms with Crippen LogP contribution >= 0.6 is 0 Å². The molecule has 2 aromatic carbocycles. The minimum Gasteiger partial charge on any atom is -0.491 e. The summed E-state index contributed by atoms with van der Waals surface area (Å²) < 4.78 is 39.7. The van der Waals surface area contributed by atoms with Gasteiger partial charge in [0.1, 0.15) is 29.7 Å². The molecule has 2 aromatic heterocycles. The first-order chi connectivity index (χ1) is 18.8. The van der Waals surface area contributed by atoms with Crippen LogP contribution < -0.4 is 20.1 Å². The number of pyridine rings is 1. The molecule has 202 valence electrons. The Hall–Kier alpha value is -4.64. The van der Waals surface area contributed by atoms with E-state index in [1.807, 2.05) is 19.9 Å². The zero-order chi connectivity index (χ0) is 27.9. The third kappa shape index (κ3) is 6.44. The summed E-state index contributed by atoms with van der Waals surface area (Å²) >= 11 is 0. The van der Waals surface area contributed by atoms with Gasteiger partial charge in [0, 0.05) is 53.1 Å². The van der Waals surface area contributed by atoms with Gasteiger partial charge < -0.3 is 25.2 Å². The van der Waals surface area contributed by atoms with Gasteiger partial charge >= 0.3 is 0 Å². The van der Waals surface area contributed by atoms with Gasteiger partial charge in [-0.25, -0.2) is 18.7 Å². The van der Waals surface area contributed by atoms with Crippen LogP contribution in [-0.4, -0.2) is 46.1 Å². The van der Waals surface area contributed by atoms with Gasteiger partial charge in [0.15, 0.2) is 17.4 Å². The van der Waals surface area contributed by atoms with Crippen molar-refractivity contribution in [2.75, 3.05) is 31.0 Å². The molecule has 0 aliphatic rings. The average Bonchev–Trinajstić information content (AvgIpc) is 2.93. The number of ether oxygens (including phenoxy) is 2. The fraction of sp³-hybridized carbons (Fsp3) is 0.214. The summed E-state index contributed by atoms with van der Waals surface area (Å²) in [5.41, 5.74) is 3.23. The lowest BCUT2D eigenvalue weighted by atomic mass is 10.1. The van der Waals surface area contributed by atoms with Crippen LogP contribution in [0.25, 0.3) is 0 Å². The molecule has 4 aromatic rings. The number of rotatable bonds is 11. The number of benzene rings is 2. The number of nitrogens with zero attached hydrogens (tertiary/aromatic N) is 3. The van der Waals surface area contributed by atoms with E-state index in [-0.39, 0.29) is 42.6 Å². The van der Waals surface area contributed by atoms with Gasteiger partial charge in [-0.05, 0) is 31.5 Å². The first kappa shape index (κ1) is 27.4. The highest BCUT2D eigenvalue weighted by Gasteiger charge is 2.18. The number of hydrogen-bond donors (Lipinski definition) is 4. The SMILES string of the molecule is COc1cnc(C(=N)c2ccccc2NCc2c(F)cc(OCCO)cc2F)nc1Nc1cc(C)ncc1C. The molecule has 0 bridgehead atoms. The zero-order valence-electron chi connectivity index (χ0n) is 21.7. The van der Waals surface area contributed by atoms with Gasteiger partial charge in [-0.15, -0.1) is 0 Å². The van der Waals surface area contributed by atoms with E-state index in [0.717, 1.165) is 29.1 Å². The third-order valence-electron chi connectivity index (χ3n) is 5.82. The third-order valence-corrected chi connectivity index (χ3v) is 5.82. The van der Waals surface area contributed by atoms with E-state index in [2.05, 4.69) is 25.6 Å². The molecule has 2 heterocycles. The lowest BCUT2D eigenvalue weighted by molar-refractivity contribution is 0.200. The summed E-state index contributed by atoms with van der Waals surface area (Å²) in [6.45, 7) is 3.27. The number of para-hydroxylation sites is 1. The van der Waals surface area contributed by atoms with Crippen molar-refractivity contribution in [3.8, 4) is 11.5 Å². The molecular formula is C28H28F2N6O3. The van der Waals surface area contributed by atoms with Crippen LogP contribution in [0, 0.1) is 30.9 Å². The number of nitrogens with one attached hydrogen (secondary N) is 3. The Balaban J connectivity index is 1.59. The van der Waals surface area contributed by atoms with E-state index in [9.17, 15) is 8.78 Å². The van der Waals surface area contributed by atoms with Crippen molar-refractivity contribution < 1.29 is 23.4 Å². The van der Waals surface area contributed by atoms with Crippen molar-refractivity contribution in [3.63, 3.8) is 0 Å². The Morgan fingerprint density at radius 1 is 1.03 bits per heavy atom. The highest BCUT2D eigenvalue weighted by Crippen LogP contribution is 2.28. The molecule has 0 fully saturated rings. The van der Waals surface area contributed by atoms with E-state index in [1.54, 1.807) is 30.5 Å². The van der Waals surface area contributed by atoms with Gasteiger partial charge in [0.05, 0.1) is 19.9 Å². The molecule has 0 aliphatic carbocycles. The Bertz CT molecular complexity index is 1480.